The summed E-state index contributed by atoms with van der Waals surface area (Å²) in [4.78, 5) is 21.3. The Hall–Kier alpha value is -1.92. The van der Waals surface area contributed by atoms with Crippen molar-refractivity contribution >= 4 is 6.09 Å². The van der Waals surface area contributed by atoms with Crippen LogP contribution < -0.4 is 4.74 Å². The number of piperidine rings is 1. The van der Waals surface area contributed by atoms with Gasteiger partial charge in [-0.1, -0.05) is 0 Å². The van der Waals surface area contributed by atoms with Gasteiger partial charge in [-0.15, -0.1) is 0 Å². The summed E-state index contributed by atoms with van der Waals surface area (Å²) in [6.45, 7) is 7.21. The number of halogens is 1. The first-order valence-electron chi connectivity index (χ1n) is 7.42. The van der Waals surface area contributed by atoms with Gasteiger partial charge in [0.1, 0.15) is 5.60 Å². The SMILES string of the molecule is CC(C)(C)OC(=O)N1CCC[C@@H](COc2ncc(F)cn2)C1. The summed E-state index contributed by atoms with van der Waals surface area (Å²) in [5.41, 5.74) is -0.498. The van der Waals surface area contributed by atoms with E-state index in [4.69, 9.17) is 9.47 Å². The minimum atomic E-state index is -0.499. The predicted molar refractivity (Wildman–Crippen MR) is 78.0 cm³/mol. The van der Waals surface area contributed by atoms with E-state index in [1.807, 2.05) is 20.8 Å². The molecule has 6 nitrogen and oxygen atoms in total. The van der Waals surface area contributed by atoms with Crippen LogP contribution >= 0.6 is 0 Å². The van der Waals surface area contributed by atoms with E-state index in [1.165, 1.54) is 0 Å². The van der Waals surface area contributed by atoms with Crippen LogP contribution in [0.15, 0.2) is 12.4 Å². The van der Waals surface area contributed by atoms with Gasteiger partial charge in [0, 0.05) is 19.0 Å². The van der Waals surface area contributed by atoms with Crippen LogP contribution in [-0.4, -0.2) is 46.3 Å². The summed E-state index contributed by atoms with van der Waals surface area (Å²) in [6, 6.07) is 0.149. The number of carbonyl (C=O) groups is 1. The largest absolute Gasteiger partial charge is 0.463 e. The van der Waals surface area contributed by atoms with Crippen LogP contribution in [0.1, 0.15) is 33.6 Å². The van der Waals surface area contributed by atoms with Gasteiger partial charge in [-0.2, -0.15) is 0 Å². The third kappa shape index (κ3) is 5.13. The second kappa shape index (κ2) is 6.89. The van der Waals surface area contributed by atoms with E-state index in [0.29, 0.717) is 19.7 Å². The minimum Gasteiger partial charge on any atom is -0.463 e. The monoisotopic (exact) mass is 311 g/mol. The highest BCUT2D eigenvalue weighted by atomic mass is 19.1. The summed E-state index contributed by atoms with van der Waals surface area (Å²) < 4.78 is 23.6. The Morgan fingerprint density at radius 3 is 2.73 bits per heavy atom. The molecule has 22 heavy (non-hydrogen) atoms. The lowest BCUT2D eigenvalue weighted by atomic mass is 9.99. The van der Waals surface area contributed by atoms with Crippen LogP contribution in [0.5, 0.6) is 6.01 Å². The summed E-state index contributed by atoms with van der Waals surface area (Å²) in [7, 11) is 0. The van der Waals surface area contributed by atoms with Gasteiger partial charge in [0.2, 0.25) is 0 Å². The fraction of sp³-hybridized carbons (Fsp3) is 0.667. The number of hydrogen-bond acceptors (Lipinski definition) is 5. The summed E-state index contributed by atoms with van der Waals surface area (Å²) >= 11 is 0. The molecule has 1 aliphatic rings. The number of ether oxygens (including phenoxy) is 2. The molecule has 0 bridgehead atoms. The Kier molecular flexibility index (Phi) is 5.15. The molecule has 1 aromatic rings. The van der Waals surface area contributed by atoms with Crippen molar-refractivity contribution in [3.05, 3.63) is 18.2 Å². The molecular weight excluding hydrogens is 289 g/mol. The molecular formula is C15H22FN3O3. The van der Waals surface area contributed by atoms with E-state index in [0.717, 1.165) is 25.2 Å². The van der Waals surface area contributed by atoms with Crippen molar-refractivity contribution < 1.29 is 18.7 Å². The highest BCUT2D eigenvalue weighted by Gasteiger charge is 2.28. The zero-order chi connectivity index (χ0) is 16.2. The van der Waals surface area contributed by atoms with Crippen molar-refractivity contribution in [1.82, 2.24) is 14.9 Å². The third-order valence-electron chi connectivity index (χ3n) is 3.22. The fourth-order valence-corrected chi connectivity index (χ4v) is 2.26. The zero-order valence-electron chi connectivity index (χ0n) is 13.2. The van der Waals surface area contributed by atoms with Gasteiger partial charge in [-0.3, -0.25) is 0 Å². The van der Waals surface area contributed by atoms with Crippen molar-refractivity contribution in [1.29, 1.82) is 0 Å². The summed E-state index contributed by atoms with van der Waals surface area (Å²) in [6.07, 6.45) is 3.69. The summed E-state index contributed by atoms with van der Waals surface area (Å²) in [5.74, 6) is -0.309. The molecule has 0 unspecified atom stereocenters. The van der Waals surface area contributed by atoms with E-state index in [-0.39, 0.29) is 18.0 Å². The maximum absolute atomic E-state index is 12.7. The van der Waals surface area contributed by atoms with Gasteiger partial charge in [0.05, 0.1) is 19.0 Å². The number of aromatic nitrogens is 2. The maximum Gasteiger partial charge on any atom is 0.410 e. The Morgan fingerprint density at radius 2 is 2.09 bits per heavy atom. The number of nitrogens with zero attached hydrogens (tertiary/aromatic N) is 3. The number of carbonyl (C=O) groups excluding carboxylic acids is 1. The molecule has 1 saturated heterocycles. The average Bonchev–Trinajstić information content (AvgIpc) is 2.45. The van der Waals surface area contributed by atoms with Crippen LogP contribution in [0.3, 0.4) is 0 Å². The lowest BCUT2D eigenvalue weighted by Crippen LogP contribution is -2.44. The predicted octanol–water partition coefficient (Wildman–Crippen LogP) is 2.64. The molecule has 0 aliphatic carbocycles. The Morgan fingerprint density at radius 1 is 1.41 bits per heavy atom. The normalized spacial score (nSPS) is 18.9. The smallest absolute Gasteiger partial charge is 0.410 e. The first kappa shape index (κ1) is 16.5. The molecule has 2 rings (SSSR count). The van der Waals surface area contributed by atoms with Crippen LogP contribution in [0.2, 0.25) is 0 Å². The van der Waals surface area contributed by atoms with Crippen LogP contribution in [0, 0.1) is 11.7 Å². The van der Waals surface area contributed by atoms with Crippen molar-refractivity contribution in [3.63, 3.8) is 0 Å². The fourth-order valence-electron chi connectivity index (χ4n) is 2.26. The molecule has 1 aromatic heterocycles. The molecule has 1 amide bonds. The molecule has 2 heterocycles. The number of hydrogen-bond donors (Lipinski definition) is 0. The second-order valence-corrected chi connectivity index (χ2v) is 6.43. The van der Waals surface area contributed by atoms with Crippen molar-refractivity contribution in [2.24, 2.45) is 5.92 Å². The van der Waals surface area contributed by atoms with Crippen LogP contribution in [0.25, 0.3) is 0 Å². The molecule has 0 radical (unpaired) electrons. The Bertz CT molecular complexity index is 502. The number of likely N-dealkylation sites (tertiary alicyclic amines) is 1. The standard InChI is InChI=1S/C15H22FN3O3/c1-15(2,3)22-14(20)19-6-4-5-11(9-19)10-21-13-17-7-12(16)8-18-13/h7-8,11H,4-6,9-10H2,1-3H3/t11-/m1/s1. The molecule has 0 saturated carbocycles. The lowest BCUT2D eigenvalue weighted by molar-refractivity contribution is 0.0137. The molecule has 7 heteroatoms. The molecule has 0 N–H and O–H groups in total. The van der Waals surface area contributed by atoms with E-state index in [1.54, 1.807) is 4.90 Å². The molecule has 1 fully saturated rings. The average molecular weight is 311 g/mol. The van der Waals surface area contributed by atoms with Crippen molar-refractivity contribution in [3.8, 4) is 6.01 Å². The quantitative estimate of drug-likeness (QED) is 0.858. The Balaban J connectivity index is 1.82. The van der Waals surface area contributed by atoms with E-state index >= 15 is 0 Å². The lowest BCUT2D eigenvalue weighted by Gasteiger charge is -2.33. The summed E-state index contributed by atoms with van der Waals surface area (Å²) in [5, 5.41) is 0. The van der Waals surface area contributed by atoms with Crippen molar-refractivity contribution in [2.45, 2.75) is 39.2 Å². The second-order valence-electron chi connectivity index (χ2n) is 6.43. The molecule has 1 aliphatic heterocycles. The molecule has 0 aromatic carbocycles. The highest BCUT2D eigenvalue weighted by molar-refractivity contribution is 5.68. The molecule has 0 spiro atoms. The first-order valence-corrected chi connectivity index (χ1v) is 7.42. The van der Waals surface area contributed by atoms with Gasteiger partial charge < -0.3 is 14.4 Å². The van der Waals surface area contributed by atoms with Gasteiger partial charge in [-0.05, 0) is 33.6 Å². The van der Waals surface area contributed by atoms with E-state index in [9.17, 15) is 9.18 Å². The van der Waals surface area contributed by atoms with Crippen LogP contribution in [0.4, 0.5) is 9.18 Å². The zero-order valence-corrected chi connectivity index (χ0v) is 13.2. The van der Waals surface area contributed by atoms with Gasteiger partial charge in [0.25, 0.3) is 0 Å². The maximum atomic E-state index is 12.7. The van der Waals surface area contributed by atoms with Gasteiger partial charge >= 0.3 is 12.1 Å². The molecule has 122 valence electrons. The number of rotatable bonds is 3. The minimum absolute atomic E-state index is 0.149. The van der Waals surface area contributed by atoms with Gasteiger partial charge in [0.15, 0.2) is 5.82 Å². The number of amides is 1. The highest BCUT2D eigenvalue weighted by Crippen LogP contribution is 2.20. The van der Waals surface area contributed by atoms with E-state index < -0.39 is 11.4 Å². The third-order valence-corrected chi connectivity index (χ3v) is 3.22. The van der Waals surface area contributed by atoms with Gasteiger partial charge in [-0.25, -0.2) is 19.2 Å². The topological polar surface area (TPSA) is 64.5 Å². The van der Waals surface area contributed by atoms with Crippen LogP contribution in [-0.2, 0) is 4.74 Å². The Labute approximate surface area is 129 Å². The first-order chi connectivity index (χ1) is 10.3. The molecule has 1 atom stereocenters. The van der Waals surface area contributed by atoms with E-state index in [2.05, 4.69) is 9.97 Å². The van der Waals surface area contributed by atoms with Crippen molar-refractivity contribution in [2.75, 3.05) is 19.7 Å².